The summed E-state index contributed by atoms with van der Waals surface area (Å²) in [5, 5.41) is 9.50. The summed E-state index contributed by atoms with van der Waals surface area (Å²) in [5.41, 5.74) is 3.11. The van der Waals surface area contributed by atoms with Crippen LogP contribution in [0.25, 0.3) is 0 Å². The lowest BCUT2D eigenvalue weighted by molar-refractivity contribution is -0.142. The number of hydrogen-bond acceptors (Lipinski definition) is 3. The predicted molar refractivity (Wildman–Crippen MR) is 85.2 cm³/mol. The van der Waals surface area contributed by atoms with E-state index in [2.05, 4.69) is 0 Å². The van der Waals surface area contributed by atoms with Crippen molar-refractivity contribution < 1.29 is 14.7 Å². The quantitative estimate of drug-likeness (QED) is 0.927. The molecule has 1 atom stereocenters. The molecular weight excluding hydrogens is 298 g/mol. The fourth-order valence-electron chi connectivity index (χ4n) is 2.78. The summed E-state index contributed by atoms with van der Waals surface area (Å²) in [5.74, 6) is -1.14. The normalized spacial score (nSPS) is 17.2. The number of carboxylic acid groups (broad SMARTS) is 1. The van der Waals surface area contributed by atoms with Crippen LogP contribution < -0.4 is 0 Å². The molecule has 1 aromatic carbocycles. The van der Waals surface area contributed by atoms with E-state index < -0.39 is 12.0 Å². The molecule has 5 heteroatoms. The van der Waals surface area contributed by atoms with E-state index in [-0.39, 0.29) is 5.91 Å². The zero-order chi connectivity index (χ0) is 15.9. The van der Waals surface area contributed by atoms with Gasteiger partial charge in [0, 0.05) is 17.8 Å². The Morgan fingerprint density at radius 2 is 1.91 bits per heavy atom. The molecule has 3 rings (SSSR count). The fourth-order valence-corrected chi connectivity index (χ4v) is 3.77. The SMILES string of the molecule is Cc1cc(C(=O)N2Cc3ccccc3CC2C(=O)O)sc1C. The van der Waals surface area contributed by atoms with Crippen LogP contribution >= 0.6 is 11.3 Å². The van der Waals surface area contributed by atoms with Crippen molar-refractivity contribution in [1.82, 2.24) is 4.90 Å². The summed E-state index contributed by atoms with van der Waals surface area (Å²) in [6, 6.07) is 8.76. The molecule has 22 heavy (non-hydrogen) atoms. The minimum absolute atomic E-state index is 0.192. The Labute approximate surface area is 133 Å². The maximum atomic E-state index is 12.8. The van der Waals surface area contributed by atoms with Gasteiger partial charge in [0.05, 0.1) is 4.88 Å². The molecule has 1 unspecified atom stereocenters. The molecule has 2 heterocycles. The van der Waals surface area contributed by atoms with Gasteiger partial charge in [-0.05, 0) is 36.6 Å². The van der Waals surface area contributed by atoms with Gasteiger partial charge in [-0.1, -0.05) is 24.3 Å². The molecule has 0 aliphatic carbocycles. The van der Waals surface area contributed by atoms with Gasteiger partial charge in [-0.25, -0.2) is 4.79 Å². The van der Waals surface area contributed by atoms with Gasteiger partial charge in [0.15, 0.2) is 0 Å². The van der Waals surface area contributed by atoms with Crippen LogP contribution in [0.5, 0.6) is 0 Å². The molecule has 1 aliphatic heterocycles. The summed E-state index contributed by atoms with van der Waals surface area (Å²) in [7, 11) is 0. The number of nitrogens with zero attached hydrogens (tertiary/aromatic N) is 1. The predicted octanol–water partition coefficient (Wildman–Crippen LogP) is 3.02. The van der Waals surface area contributed by atoms with Crippen LogP contribution in [0.3, 0.4) is 0 Å². The van der Waals surface area contributed by atoms with Crippen molar-refractivity contribution >= 4 is 23.2 Å². The minimum Gasteiger partial charge on any atom is -0.480 e. The summed E-state index contributed by atoms with van der Waals surface area (Å²) < 4.78 is 0. The van der Waals surface area contributed by atoms with Crippen LogP contribution in [0.4, 0.5) is 0 Å². The number of carboxylic acids is 1. The van der Waals surface area contributed by atoms with Crippen molar-refractivity contribution in [2.24, 2.45) is 0 Å². The van der Waals surface area contributed by atoms with E-state index >= 15 is 0 Å². The average Bonchev–Trinajstić information content (AvgIpc) is 2.84. The molecule has 114 valence electrons. The largest absolute Gasteiger partial charge is 0.480 e. The number of rotatable bonds is 2. The van der Waals surface area contributed by atoms with E-state index in [1.165, 1.54) is 16.2 Å². The van der Waals surface area contributed by atoms with Gasteiger partial charge in [-0.15, -0.1) is 11.3 Å². The topological polar surface area (TPSA) is 57.6 Å². The number of aliphatic carboxylic acids is 1. The molecule has 4 nitrogen and oxygen atoms in total. The first-order chi connectivity index (χ1) is 10.5. The molecular formula is C17H17NO3S. The number of thiophene rings is 1. The van der Waals surface area contributed by atoms with Crippen LogP contribution in [0.2, 0.25) is 0 Å². The number of carbonyl (C=O) groups excluding carboxylic acids is 1. The van der Waals surface area contributed by atoms with Crippen molar-refractivity contribution in [3.63, 3.8) is 0 Å². The second kappa shape index (κ2) is 5.57. The van der Waals surface area contributed by atoms with Crippen molar-refractivity contribution in [3.8, 4) is 0 Å². The first-order valence-corrected chi connectivity index (χ1v) is 7.96. The smallest absolute Gasteiger partial charge is 0.326 e. The van der Waals surface area contributed by atoms with Gasteiger partial charge in [0.2, 0.25) is 0 Å². The molecule has 2 aromatic rings. The third-order valence-electron chi connectivity index (χ3n) is 4.17. The van der Waals surface area contributed by atoms with Gasteiger partial charge in [0.25, 0.3) is 5.91 Å². The van der Waals surface area contributed by atoms with Gasteiger partial charge in [-0.2, -0.15) is 0 Å². The number of hydrogen-bond donors (Lipinski definition) is 1. The Bertz CT molecular complexity index is 731. The third kappa shape index (κ3) is 2.52. The highest BCUT2D eigenvalue weighted by Gasteiger charge is 2.35. The second-order valence-corrected chi connectivity index (χ2v) is 6.87. The number of amides is 1. The Morgan fingerprint density at radius 1 is 1.23 bits per heavy atom. The highest BCUT2D eigenvalue weighted by Crippen LogP contribution is 2.28. The lowest BCUT2D eigenvalue weighted by Gasteiger charge is -2.34. The lowest BCUT2D eigenvalue weighted by Crippen LogP contribution is -2.48. The van der Waals surface area contributed by atoms with Crippen LogP contribution in [-0.4, -0.2) is 27.9 Å². The molecule has 1 aliphatic rings. The van der Waals surface area contributed by atoms with E-state index in [1.807, 2.05) is 44.2 Å². The molecule has 0 saturated heterocycles. The van der Waals surface area contributed by atoms with Gasteiger partial charge < -0.3 is 10.0 Å². The van der Waals surface area contributed by atoms with E-state index in [9.17, 15) is 14.7 Å². The number of benzene rings is 1. The van der Waals surface area contributed by atoms with Gasteiger partial charge in [0.1, 0.15) is 6.04 Å². The first kappa shape index (κ1) is 14.8. The maximum absolute atomic E-state index is 12.8. The number of carbonyl (C=O) groups is 2. The van der Waals surface area contributed by atoms with Crippen molar-refractivity contribution in [3.05, 3.63) is 56.8 Å². The Morgan fingerprint density at radius 3 is 2.50 bits per heavy atom. The van der Waals surface area contributed by atoms with Crippen LogP contribution in [-0.2, 0) is 17.8 Å². The fraction of sp³-hybridized carbons (Fsp3) is 0.294. The average molecular weight is 315 g/mol. The molecule has 0 radical (unpaired) electrons. The number of fused-ring (bicyclic) bond motifs is 1. The number of aryl methyl sites for hydroxylation is 2. The Balaban J connectivity index is 1.97. The van der Waals surface area contributed by atoms with E-state index in [0.29, 0.717) is 17.8 Å². The first-order valence-electron chi connectivity index (χ1n) is 7.15. The van der Waals surface area contributed by atoms with E-state index in [1.54, 1.807) is 0 Å². The van der Waals surface area contributed by atoms with Crippen LogP contribution in [0.15, 0.2) is 30.3 Å². The van der Waals surface area contributed by atoms with Gasteiger partial charge >= 0.3 is 5.97 Å². The maximum Gasteiger partial charge on any atom is 0.326 e. The van der Waals surface area contributed by atoms with Crippen molar-refractivity contribution in [2.75, 3.05) is 0 Å². The minimum atomic E-state index is -0.951. The Hall–Kier alpha value is -2.14. The molecule has 0 saturated carbocycles. The Kier molecular flexibility index (Phi) is 3.74. The molecule has 0 bridgehead atoms. The lowest BCUT2D eigenvalue weighted by atomic mass is 9.94. The van der Waals surface area contributed by atoms with Crippen LogP contribution in [0, 0.1) is 13.8 Å². The highest BCUT2D eigenvalue weighted by atomic mass is 32.1. The molecule has 1 aromatic heterocycles. The van der Waals surface area contributed by atoms with Crippen LogP contribution in [0.1, 0.15) is 31.2 Å². The highest BCUT2D eigenvalue weighted by molar-refractivity contribution is 7.14. The summed E-state index contributed by atoms with van der Waals surface area (Å²) in [6.45, 7) is 4.28. The van der Waals surface area contributed by atoms with E-state index in [0.717, 1.165) is 21.6 Å². The summed E-state index contributed by atoms with van der Waals surface area (Å²) in [6.07, 6.45) is 0.362. The monoisotopic (exact) mass is 315 g/mol. The molecule has 1 amide bonds. The molecule has 0 fully saturated rings. The standard InChI is InChI=1S/C17H17NO3S/c1-10-7-15(22-11(10)2)16(19)18-9-13-6-4-3-5-12(13)8-14(18)17(20)21/h3-7,14H,8-9H2,1-2H3,(H,20,21). The van der Waals surface area contributed by atoms with Gasteiger partial charge in [-0.3, -0.25) is 4.79 Å². The van der Waals surface area contributed by atoms with Crippen molar-refractivity contribution in [1.29, 1.82) is 0 Å². The third-order valence-corrected chi connectivity index (χ3v) is 5.31. The summed E-state index contributed by atoms with van der Waals surface area (Å²) in [4.78, 5) is 27.5. The zero-order valence-electron chi connectivity index (χ0n) is 12.5. The summed E-state index contributed by atoms with van der Waals surface area (Å²) >= 11 is 1.43. The molecule has 1 N–H and O–H groups in total. The van der Waals surface area contributed by atoms with Crippen molar-refractivity contribution in [2.45, 2.75) is 32.9 Å². The second-order valence-electron chi connectivity index (χ2n) is 5.61. The molecule has 0 spiro atoms. The van der Waals surface area contributed by atoms with E-state index in [4.69, 9.17) is 0 Å². The zero-order valence-corrected chi connectivity index (χ0v) is 13.3.